The normalized spacial score (nSPS) is 12.6. The predicted molar refractivity (Wildman–Crippen MR) is 82.6 cm³/mol. The Balaban J connectivity index is 2.36. The van der Waals surface area contributed by atoms with Crippen LogP contribution >= 0.6 is 0 Å². The Kier molecular flexibility index (Phi) is 4.48. The summed E-state index contributed by atoms with van der Waals surface area (Å²) in [5, 5.41) is 23.0. The van der Waals surface area contributed by atoms with E-state index in [2.05, 4.69) is 5.32 Å². The molecule has 0 saturated heterocycles. The van der Waals surface area contributed by atoms with Gasteiger partial charge in [0.1, 0.15) is 17.7 Å². The molecule has 2 aromatic rings. The molecule has 7 heteroatoms. The number of aliphatic hydroxyl groups is 1. The molecule has 0 aliphatic carbocycles. The molecule has 1 unspecified atom stereocenters. The van der Waals surface area contributed by atoms with Gasteiger partial charge < -0.3 is 20.3 Å². The van der Waals surface area contributed by atoms with Crippen molar-refractivity contribution in [3.8, 4) is 11.5 Å². The van der Waals surface area contributed by atoms with E-state index in [0.717, 1.165) is 0 Å². The van der Waals surface area contributed by atoms with Crippen LogP contribution in [0.25, 0.3) is 0 Å². The number of anilines is 2. The average Bonchev–Trinajstić information content (AvgIpc) is 2.51. The molecule has 2 rings (SSSR count). The highest BCUT2D eigenvalue weighted by atomic mass is 16.5. The third kappa shape index (κ3) is 2.68. The average molecular weight is 306 g/mol. The number of phenolic OH excluding ortho intramolecular Hbond substituents is 1. The lowest BCUT2D eigenvalue weighted by Gasteiger charge is -2.21. The number of aromatic hydroxyl groups is 1. The summed E-state index contributed by atoms with van der Waals surface area (Å²) in [6.45, 7) is 1.96. The molecule has 0 aliphatic heterocycles. The fraction of sp³-hybridized carbons (Fsp3) is 0.333. The molecule has 0 radical (unpaired) electrons. The van der Waals surface area contributed by atoms with Crippen molar-refractivity contribution in [3.05, 3.63) is 44.2 Å². The second-order valence-electron chi connectivity index (χ2n) is 5.00. The fourth-order valence-electron chi connectivity index (χ4n) is 2.05. The number of aliphatic hydroxyl groups excluding tert-OH is 1. The van der Waals surface area contributed by atoms with Crippen molar-refractivity contribution in [1.29, 1.82) is 0 Å². The van der Waals surface area contributed by atoms with Crippen LogP contribution in [0.3, 0.4) is 0 Å². The standard InChI is InChI=1S/C15H18N2O5/c1-4-22-14-10(12(19)13(14)20)16-9-7-5-6-8(11(9)18)15(21)17(2)3/h5-7,15-16,18,21H,4H2,1-3H3. The summed E-state index contributed by atoms with van der Waals surface area (Å²) in [5.74, 6) is -0.232. The Bertz CT molecular complexity index is 747. The minimum absolute atomic E-state index is 0.0126. The first-order valence-corrected chi connectivity index (χ1v) is 6.78. The summed E-state index contributed by atoms with van der Waals surface area (Å²) in [6, 6.07) is 4.72. The van der Waals surface area contributed by atoms with Gasteiger partial charge in [-0.2, -0.15) is 0 Å². The van der Waals surface area contributed by atoms with E-state index in [0.29, 0.717) is 0 Å². The summed E-state index contributed by atoms with van der Waals surface area (Å²) in [6.07, 6.45) is -0.999. The molecular weight excluding hydrogens is 288 g/mol. The molecule has 0 heterocycles. The summed E-state index contributed by atoms with van der Waals surface area (Å²) in [5.41, 5.74) is -0.869. The van der Waals surface area contributed by atoms with Crippen molar-refractivity contribution in [2.75, 3.05) is 26.0 Å². The van der Waals surface area contributed by atoms with Crippen molar-refractivity contribution in [1.82, 2.24) is 4.90 Å². The number of rotatable bonds is 6. The van der Waals surface area contributed by atoms with Crippen molar-refractivity contribution in [2.24, 2.45) is 0 Å². The van der Waals surface area contributed by atoms with Crippen LogP contribution in [0.1, 0.15) is 18.7 Å². The topological polar surface area (TPSA) is 99.1 Å². The van der Waals surface area contributed by atoms with Crippen molar-refractivity contribution < 1.29 is 14.9 Å². The van der Waals surface area contributed by atoms with E-state index in [1.165, 1.54) is 11.0 Å². The second kappa shape index (κ2) is 6.17. The van der Waals surface area contributed by atoms with Gasteiger partial charge in [-0.3, -0.25) is 14.5 Å². The van der Waals surface area contributed by atoms with Gasteiger partial charge in [0.2, 0.25) is 0 Å². The Morgan fingerprint density at radius 1 is 1.27 bits per heavy atom. The molecule has 3 N–H and O–H groups in total. The minimum atomic E-state index is -0.999. The van der Waals surface area contributed by atoms with Crippen LogP contribution in [-0.2, 0) is 0 Å². The van der Waals surface area contributed by atoms with Crippen LogP contribution in [0.5, 0.6) is 11.5 Å². The minimum Gasteiger partial charge on any atom is -0.505 e. The van der Waals surface area contributed by atoms with Crippen LogP contribution in [0.2, 0.25) is 0 Å². The molecular formula is C15H18N2O5. The predicted octanol–water partition coefficient (Wildman–Crippen LogP) is 0.683. The summed E-state index contributed by atoms with van der Waals surface area (Å²) >= 11 is 0. The van der Waals surface area contributed by atoms with Crippen LogP contribution in [0.4, 0.5) is 11.4 Å². The molecule has 0 aliphatic rings. The fourth-order valence-corrected chi connectivity index (χ4v) is 2.05. The van der Waals surface area contributed by atoms with Gasteiger partial charge in [-0.1, -0.05) is 12.1 Å². The second-order valence-corrected chi connectivity index (χ2v) is 5.00. The number of benzene rings is 1. The first-order chi connectivity index (χ1) is 10.4. The van der Waals surface area contributed by atoms with Gasteiger partial charge in [0.25, 0.3) is 10.9 Å². The Labute approximate surface area is 127 Å². The van der Waals surface area contributed by atoms with E-state index in [1.54, 1.807) is 33.2 Å². The number of hydrogen-bond acceptors (Lipinski definition) is 7. The number of hydrogen-bond donors (Lipinski definition) is 3. The van der Waals surface area contributed by atoms with Crippen molar-refractivity contribution >= 4 is 11.4 Å². The van der Waals surface area contributed by atoms with Gasteiger partial charge in [0.15, 0.2) is 5.75 Å². The zero-order valence-electron chi connectivity index (χ0n) is 12.6. The van der Waals surface area contributed by atoms with Crippen LogP contribution in [0.15, 0.2) is 27.8 Å². The number of ether oxygens (including phenoxy) is 1. The molecule has 0 fully saturated rings. The lowest BCUT2D eigenvalue weighted by molar-refractivity contribution is 0.0376. The first kappa shape index (κ1) is 16.0. The third-order valence-electron chi connectivity index (χ3n) is 3.25. The Hall–Kier alpha value is -2.38. The zero-order chi connectivity index (χ0) is 16.4. The van der Waals surface area contributed by atoms with Crippen LogP contribution in [-0.4, -0.2) is 35.8 Å². The lowest BCUT2D eigenvalue weighted by Crippen LogP contribution is -2.35. The molecule has 0 amide bonds. The maximum Gasteiger partial charge on any atom is 0.272 e. The largest absolute Gasteiger partial charge is 0.505 e. The Morgan fingerprint density at radius 2 is 1.95 bits per heavy atom. The van der Waals surface area contributed by atoms with Gasteiger partial charge in [-0.15, -0.1) is 0 Å². The highest BCUT2D eigenvalue weighted by Gasteiger charge is 2.24. The molecule has 118 valence electrons. The maximum absolute atomic E-state index is 11.6. The zero-order valence-corrected chi connectivity index (χ0v) is 12.6. The SMILES string of the molecule is CCOc1c(Nc2cccc(C(O)N(C)C)c2O)c(=O)c1=O. The Morgan fingerprint density at radius 3 is 2.55 bits per heavy atom. The van der Waals surface area contributed by atoms with Gasteiger partial charge >= 0.3 is 0 Å². The monoisotopic (exact) mass is 306 g/mol. The molecule has 0 aromatic heterocycles. The van der Waals surface area contributed by atoms with Crippen molar-refractivity contribution in [2.45, 2.75) is 13.2 Å². The van der Waals surface area contributed by atoms with Crippen LogP contribution < -0.4 is 20.9 Å². The number of para-hydroxylation sites is 1. The molecule has 1 atom stereocenters. The highest BCUT2D eigenvalue weighted by molar-refractivity contribution is 5.74. The number of nitrogens with zero attached hydrogens (tertiary/aromatic N) is 1. The quantitative estimate of drug-likeness (QED) is 0.410. The number of nitrogens with one attached hydrogen (secondary N) is 1. The molecule has 0 saturated carbocycles. The van der Waals surface area contributed by atoms with Gasteiger partial charge in [-0.25, -0.2) is 0 Å². The van der Waals surface area contributed by atoms with E-state index in [4.69, 9.17) is 4.74 Å². The van der Waals surface area contributed by atoms with E-state index in [1.807, 2.05) is 0 Å². The summed E-state index contributed by atoms with van der Waals surface area (Å²) in [7, 11) is 3.32. The van der Waals surface area contributed by atoms with Crippen LogP contribution in [0, 0.1) is 0 Å². The smallest absolute Gasteiger partial charge is 0.272 e. The molecule has 7 nitrogen and oxygen atoms in total. The molecule has 0 spiro atoms. The van der Waals surface area contributed by atoms with Gasteiger partial charge in [0.05, 0.1) is 12.3 Å². The molecule has 2 aromatic carbocycles. The third-order valence-corrected chi connectivity index (χ3v) is 3.25. The van der Waals surface area contributed by atoms with E-state index in [9.17, 15) is 19.8 Å². The maximum atomic E-state index is 11.6. The number of phenols is 1. The molecule has 22 heavy (non-hydrogen) atoms. The summed E-state index contributed by atoms with van der Waals surface area (Å²) < 4.78 is 5.11. The van der Waals surface area contributed by atoms with E-state index >= 15 is 0 Å². The van der Waals surface area contributed by atoms with Gasteiger partial charge in [-0.05, 0) is 27.1 Å². The lowest BCUT2D eigenvalue weighted by atomic mass is 10.1. The highest BCUT2D eigenvalue weighted by Crippen LogP contribution is 2.35. The van der Waals surface area contributed by atoms with E-state index in [-0.39, 0.29) is 35.0 Å². The summed E-state index contributed by atoms with van der Waals surface area (Å²) in [4.78, 5) is 24.5. The molecule has 0 bridgehead atoms. The van der Waals surface area contributed by atoms with Crippen molar-refractivity contribution in [3.63, 3.8) is 0 Å². The van der Waals surface area contributed by atoms with Gasteiger partial charge in [0, 0.05) is 5.56 Å². The first-order valence-electron chi connectivity index (χ1n) is 6.78. The van der Waals surface area contributed by atoms with E-state index < -0.39 is 17.1 Å².